The van der Waals surface area contributed by atoms with Crippen molar-refractivity contribution in [3.8, 4) is 0 Å². The first-order valence-corrected chi connectivity index (χ1v) is 8.63. The highest BCUT2D eigenvalue weighted by Crippen LogP contribution is 2.31. The van der Waals surface area contributed by atoms with E-state index >= 15 is 0 Å². The Hall–Kier alpha value is -2.37. The topological polar surface area (TPSA) is 95.5 Å². The smallest absolute Gasteiger partial charge is 0.307 e. The van der Waals surface area contributed by atoms with Gasteiger partial charge in [-0.15, -0.1) is 0 Å². The minimum Gasteiger partial charge on any atom is -0.481 e. The van der Waals surface area contributed by atoms with Gasteiger partial charge in [-0.25, -0.2) is 0 Å². The van der Waals surface area contributed by atoms with E-state index in [9.17, 15) is 19.5 Å². The van der Waals surface area contributed by atoms with Gasteiger partial charge >= 0.3 is 5.97 Å². The first kappa shape index (κ1) is 19.0. The molecule has 25 heavy (non-hydrogen) atoms. The van der Waals surface area contributed by atoms with Crippen molar-refractivity contribution in [1.29, 1.82) is 0 Å². The average Bonchev–Trinajstić information content (AvgIpc) is 2.54. The van der Waals surface area contributed by atoms with E-state index in [1.165, 1.54) is 0 Å². The second-order valence-electron chi connectivity index (χ2n) is 7.61. The number of hydrogen-bond donors (Lipinski definition) is 3. The van der Waals surface area contributed by atoms with Crippen LogP contribution in [0.1, 0.15) is 46.5 Å². The molecule has 1 fully saturated rings. The molecule has 0 bridgehead atoms. The minimum absolute atomic E-state index is 0.116. The van der Waals surface area contributed by atoms with Crippen LogP contribution in [0.15, 0.2) is 24.3 Å². The molecular formula is C19H26N2O4. The van der Waals surface area contributed by atoms with Crippen molar-refractivity contribution >= 4 is 29.2 Å². The standard InChI is InChI=1S/C19H26N2O4/c1-19(2,3)18(25)21-13-8-6-7-12(11-13)20-16(22)14-9-4-5-10-15(14)17(23)24/h6-8,11,14-15H,4-5,9-10H2,1-3H3,(H,20,22)(H,21,25)(H,23,24)/t14-,15+/m0/s1. The highest BCUT2D eigenvalue weighted by atomic mass is 16.4. The predicted octanol–water partition coefficient (Wildman–Crippen LogP) is 3.50. The van der Waals surface area contributed by atoms with Crippen molar-refractivity contribution in [2.24, 2.45) is 17.3 Å². The fourth-order valence-corrected chi connectivity index (χ4v) is 2.97. The maximum atomic E-state index is 12.5. The van der Waals surface area contributed by atoms with Crippen molar-refractivity contribution in [2.75, 3.05) is 10.6 Å². The number of anilines is 2. The summed E-state index contributed by atoms with van der Waals surface area (Å²) in [5, 5.41) is 14.9. The van der Waals surface area contributed by atoms with Gasteiger partial charge < -0.3 is 15.7 Å². The number of aliphatic carboxylic acids is 1. The lowest BCUT2D eigenvalue weighted by Gasteiger charge is -2.27. The Morgan fingerprint density at radius 2 is 1.56 bits per heavy atom. The molecule has 2 amide bonds. The van der Waals surface area contributed by atoms with Crippen LogP contribution in [-0.2, 0) is 14.4 Å². The zero-order valence-electron chi connectivity index (χ0n) is 15.0. The number of hydrogen-bond acceptors (Lipinski definition) is 3. The van der Waals surface area contributed by atoms with Crippen molar-refractivity contribution in [2.45, 2.75) is 46.5 Å². The molecule has 6 heteroatoms. The minimum atomic E-state index is -0.911. The lowest BCUT2D eigenvalue weighted by molar-refractivity contribution is -0.147. The van der Waals surface area contributed by atoms with E-state index in [-0.39, 0.29) is 11.8 Å². The Kier molecular flexibility index (Phi) is 5.82. The Labute approximate surface area is 148 Å². The fourth-order valence-electron chi connectivity index (χ4n) is 2.97. The number of carboxylic acids is 1. The van der Waals surface area contributed by atoms with Gasteiger partial charge in [0.2, 0.25) is 11.8 Å². The van der Waals surface area contributed by atoms with Gasteiger partial charge in [0.05, 0.1) is 11.8 Å². The summed E-state index contributed by atoms with van der Waals surface area (Å²) in [6.07, 6.45) is 2.83. The quantitative estimate of drug-likeness (QED) is 0.777. The lowest BCUT2D eigenvalue weighted by Crippen LogP contribution is -2.36. The summed E-state index contributed by atoms with van der Waals surface area (Å²) in [4.78, 5) is 35.9. The predicted molar refractivity (Wildman–Crippen MR) is 96.2 cm³/mol. The van der Waals surface area contributed by atoms with E-state index < -0.39 is 23.2 Å². The van der Waals surface area contributed by atoms with E-state index in [1.807, 2.05) is 20.8 Å². The molecule has 0 aliphatic heterocycles. The summed E-state index contributed by atoms with van der Waals surface area (Å²) >= 11 is 0. The monoisotopic (exact) mass is 346 g/mol. The molecule has 0 aromatic heterocycles. The Balaban J connectivity index is 2.07. The Morgan fingerprint density at radius 3 is 2.12 bits per heavy atom. The molecule has 0 heterocycles. The molecule has 3 N–H and O–H groups in total. The van der Waals surface area contributed by atoms with E-state index in [0.29, 0.717) is 24.2 Å². The van der Waals surface area contributed by atoms with Crippen molar-refractivity contribution in [3.63, 3.8) is 0 Å². The molecule has 6 nitrogen and oxygen atoms in total. The molecule has 136 valence electrons. The van der Waals surface area contributed by atoms with Crippen LogP contribution in [0.4, 0.5) is 11.4 Å². The SMILES string of the molecule is CC(C)(C)C(=O)Nc1cccc(NC(=O)[C@H]2CCCC[C@H]2C(=O)O)c1. The molecule has 0 radical (unpaired) electrons. The third kappa shape index (κ3) is 5.05. The summed E-state index contributed by atoms with van der Waals surface area (Å²) < 4.78 is 0. The number of amides is 2. The Morgan fingerprint density at radius 1 is 1.00 bits per heavy atom. The maximum Gasteiger partial charge on any atom is 0.307 e. The molecule has 2 atom stereocenters. The molecule has 0 spiro atoms. The van der Waals surface area contributed by atoms with Gasteiger partial charge in [-0.05, 0) is 31.0 Å². The van der Waals surface area contributed by atoms with Crippen molar-refractivity contribution < 1.29 is 19.5 Å². The van der Waals surface area contributed by atoms with Crippen LogP contribution in [0.25, 0.3) is 0 Å². The van der Waals surface area contributed by atoms with Gasteiger partial charge in [0, 0.05) is 16.8 Å². The maximum absolute atomic E-state index is 12.5. The lowest BCUT2D eigenvalue weighted by atomic mass is 9.78. The van der Waals surface area contributed by atoms with E-state index in [1.54, 1.807) is 24.3 Å². The van der Waals surface area contributed by atoms with E-state index in [2.05, 4.69) is 10.6 Å². The van der Waals surface area contributed by atoms with Crippen LogP contribution in [0.5, 0.6) is 0 Å². The van der Waals surface area contributed by atoms with E-state index in [0.717, 1.165) is 12.8 Å². The second-order valence-corrected chi connectivity index (χ2v) is 7.61. The van der Waals surface area contributed by atoms with Gasteiger partial charge in [0.15, 0.2) is 0 Å². The molecule has 1 aliphatic rings. The molecule has 2 rings (SSSR count). The van der Waals surface area contributed by atoms with Crippen LogP contribution in [-0.4, -0.2) is 22.9 Å². The first-order valence-electron chi connectivity index (χ1n) is 8.63. The first-order chi connectivity index (χ1) is 11.7. The number of rotatable bonds is 4. The number of carbonyl (C=O) groups is 3. The van der Waals surface area contributed by atoms with Crippen molar-refractivity contribution in [1.82, 2.24) is 0 Å². The molecule has 1 aromatic rings. The van der Waals surface area contributed by atoms with Gasteiger partial charge in [-0.1, -0.05) is 39.7 Å². The van der Waals surface area contributed by atoms with Gasteiger partial charge in [0.25, 0.3) is 0 Å². The van der Waals surface area contributed by atoms with Crippen LogP contribution >= 0.6 is 0 Å². The molecule has 0 saturated heterocycles. The zero-order chi connectivity index (χ0) is 18.6. The zero-order valence-corrected chi connectivity index (χ0v) is 15.0. The summed E-state index contributed by atoms with van der Waals surface area (Å²) in [6, 6.07) is 6.90. The summed E-state index contributed by atoms with van der Waals surface area (Å²) in [5.74, 6) is -2.44. The van der Waals surface area contributed by atoms with Crippen LogP contribution in [0.3, 0.4) is 0 Å². The van der Waals surface area contributed by atoms with Gasteiger partial charge in [0.1, 0.15) is 0 Å². The Bertz CT molecular complexity index is 664. The number of carboxylic acid groups (broad SMARTS) is 1. The van der Waals surface area contributed by atoms with Crippen LogP contribution in [0.2, 0.25) is 0 Å². The summed E-state index contributed by atoms with van der Waals surface area (Å²) in [5.41, 5.74) is 0.623. The third-order valence-corrected chi connectivity index (χ3v) is 4.49. The summed E-state index contributed by atoms with van der Waals surface area (Å²) in [7, 11) is 0. The summed E-state index contributed by atoms with van der Waals surface area (Å²) in [6.45, 7) is 5.47. The molecule has 1 aromatic carbocycles. The molecule has 0 unspecified atom stereocenters. The highest BCUT2D eigenvalue weighted by Gasteiger charge is 2.35. The van der Waals surface area contributed by atoms with Gasteiger partial charge in [-0.3, -0.25) is 14.4 Å². The molecule has 1 aliphatic carbocycles. The second kappa shape index (κ2) is 7.68. The highest BCUT2D eigenvalue weighted by molar-refractivity contribution is 5.97. The van der Waals surface area contributed by atoms with Crippen LogP contribution in [0, 0.1) is 17.3 Å². The number of nitrogens with one attached hydrogen (secondary N) is 2. The molecular weight excluding hydrogens is 320 g/mol. The normalized spacial score (nSPS) is 20.6. The molecule has 1 saturated carbocycles. The van der Waals surface area contributed by atoms with Gasteiger partial charge in [-0.2, -0.15) is 0 Å². The number of benzene rings is 1. The van der Waals surface area contributed by atoms with Crippen LogP contribution < -0.4 is 10.6 Å². The van der Waals surface area contributed by atoms with Crippen molar-refractivity contribution in [3.05, 3.63) is 24.3 Å². The third-order valence-electron chi connectivity index (χ3n) is 4.49. The van der Waals surface area contributed by atoms with E-state index in [4.69, 9.17) is 0 Å². The average molecular weight is 346 g/mol. The number of carbonyl (C=O) groups excluding carboxylic acids is 2. The fraction of sp³-hybridized carbons (Fsp3) is 0.526. The largest absolute Gasteiger partial charge is 0.481 e.